The molecular formula is C16H21FN2OS. The molecule has 1 N–H and O–H groups in total. The normalized spacial score (nSPS) is 24.9. The quantitative estimate of drug-likeness (QED) is 0.868. The highest BCUT2D eigenvalue weighted by Gasteiger charge is 2.37. The van der Waals surface area contributed by atoms with Crippen LogP contribution in [0.15, 0.2) is 29.2 Å². The maximum absolute atomic E-state index is 12.8. The Morgan fingerprint density at radius 3 is 2.81 bits per heavy atom. The molecule has 5 heteroatoms. The average Bonchev–Trinajstić information content (AvgIpc) is 2.74. The predicted molar refractivity (Wildman–Crippen MR) is 82.9 cm³/mol. The maximum atomic E-state index is 12.8. The first-order chi connectivity index (χ1) is 10.2. The molecule has 0 spiro atoms. The fourth-order valence-corrected chi connectivity index (χ4v) is 4.15. The highest BCUT2D eigenvalue weighted by molar-refractivity contribution is 7.99. The Labute approximate surface area is 129 Å². The van der Waals surface area contributed by atoms with Crippen molar-refractivity contribution in [1.29, 1.82) is 0 Å². The van der Waals surface area contributed by atoms with E-state index < -0.39 is 0 Å². The number of nitrogens with one attached hydrogen (secondary N) is 1. The van der Waals surface area contributed by atoms with Gasteiger partial charge in [-0.3, -0.25) is 4.79 Å². The zero-order valence-electron chi connectivity index (χ0n) is 12.1. The first kappa shape index (κ1) is 14.9. The van der Waals surface area contributed by atoms with Crippen LogP contribution in [0.5, 0.6) is 0 Å². The van der Waals surface area contributed by atoms with Crippen molar-refractivity contribution >= 4 is 17.7 Å². The van der Waals surface area contributed by atoms with Gasteiger partial charge in [0.2, 0.25) is 5.91 Å². The Balaban J connectivity index is 1.51. The number of nitrogens with zero attached hydrogens (tertiary/aromatic N) is 1. The van der Waals surface area contributed by atoms with Crippen molar-refractivity contribution in [2.45, 2.75) is 42.7 Å². The number of hydrogen-bond donors (Lipinski definition) is 1. The molecule has 2 aliphatic heterocycles. The third-order valence-corrected chi connectivity index (χ3v) is 5.35. The van der Waals surface area contributed by atoms with E-state index in [4.69, 9.17) is 0 Å². The number of rotatable bonds is 4. The van der Waals surface area contributed by atoms with Gasteiger partial charge >= 0.3 is 0 Å². The van der Waals surface area contributed by atoms with Crippen molar-refractivity contribution in [2.75, 3.05) is 18.8 Å². The van der Waals surface area contributed by atoms with Crippen LogP contribution in [-0.2, 0) is 4.79 Å². The molecule has 0 aromatic heterocycles. The number of amides is 1. The predicted octanol–water partition coefficient (Wildman–Crippen LogP) is 2.66. The van der Waals surface area contributed by atoms with Gasteiger partial charge in [-0.1, -0.05) is 0 Å². The summed E-state index contributed by atoms with van der Waals surface area (Å²) in [5, 5.41) is 3.42. The van der Waals surface area contributed by atoms with Gasteiger partial charge in [-0.05, 0) is 50.1 Å². The highest BCUT2D eigenvalue weighted by atomic mass is 32.2. The first-order valence-electron chi connectivity index (χ1n) is 7.64. The Bertz CT molecular complexity index is 480. The van der Waals surface area contributed by atoms with Crippen molar-refractivity contribution < 1.29 is 9.18 Å². The van der Waals surface area contributed by atoms with Crippen LogP contribution in [0.3, 0.4) is 0 Å². The lowest BCUT2D eigenvalue weighted by atomic mass is 10.1. The molecule has 3 rings (SSSR count). The van der Waals surface area contributed by atoms with Crippen LogP contribution in [0.4, 0.5) is 4.39 Å². The van der Waals surface area contributed by atoms with E-state index >= 15 is 0 Å². The Kier molecular flexibility index (Phi) is 4.80. The smallest absolute Gasteiger partial charge is 0.223 e. The topological polar surface area (TPSA) is 32.3 Å². The van der Waals surface area contributed by atoms with E-state index in [0.29, 0.717) is 18.5 Å². The maximum Gasteiger partial charge on any atom is 0.223 e. The lowest BCUT2D eigenvalue weighted by Gasteiger charge is -2.27. The summed E-state index contributed by atoms with van der Waals surface area (Å²) in [5.41, 5.74) is 0. The minimum atomic E-state index is -0.218. The number of hydrogen-bond acceptors (Lipinski definition) is 3. The standard InChI is InChI=1S/C16H21FN2OS/c17-12-1-5-15(6-2-12)21-10-8-16(20)19-13-3-4-14(19)11-18-9-7-13/h1-2,5-6,13-14,18H,3-4,7-11H2. The molecule has 1 aromatic carbocycles. The lowest BCUT2D eigenvalue weighted by Crippen LogP contribution is -2.42. The van der Waals surface area contributed by atoms with Gasteiger partial charge in [0.05, 0.1) is 0 Å². The van der Waals surface area contributed by atoms with Gasteiger partial charge in [-0.25, -0.2) is 4.39 Å². The molecule has 0 radical (unpaired) electrons. The van der Waals surface area contributed by atoms with Crippen molar-refractivity contribution in [2.24, 2.45) is 0 Å². The monoisotopic (exact) mass is 308 g/mol. The molecule has 2 heterocycles. The molecule has 2 atom stereocenters. The van der Waals surface area contributed by atoms with E-state index in [9.17, 15) is 9.18 Å². The fraction of sp³-hybridized carbons (Fsp3) is 0.562. The van der Waals surface area contributed by atoms with Crippen LogP contribution in [0.1, 0.15) is 25.7 Å². The van der Waals surface area contributed by atoms with E-state index in [1.807, 2.05) is 0 Å². The SMILES string of the molecule is O=C(CCSc1ccc(F)cc1)N1C2CCNCC1CC2. The third kappa shape index (κ3) is 3.58. The molecule has 114 valence electrons. The molecule has 0 saturated carbocycles. The molecule has 0 aliphatic carbocycles. The Hall–Kier alpha value is -1.07. The second-order valence-corrected chi connectivity index (χ2v) is 6.90. The Morgan fingerprint density at radius 1 is 1.24 bits per heavy atom. The van der Waals surface area contributed by atoms with Crippen LogP contribution in [0, 0.1) is 5.82 Å². The number of carbonyl (C=O) groups is 1. The molecule has 1 aromatic rings. The zero-order valence-corrected chi connectivity index (χ0v) is 12.9. The number of thioether (sulfide) groups is 1. The van der Waals surface area contributed by atoms with Crippen molar-refractivity contribution in [3.63, 3.8) is 0 Å². The fourth-order valence-electron chi connectivity index (χ4n) is 3.31. The summed E-state index contributed by atoms with van der Waals surface area (Å²) in [4.78, 5) is 15.6. The second-order valence-electron chi connectivity index (χ2n) is 5.73. The van der Waals surface area contributed by atoms with E-state index in [1.165, 1.54) is 12.1 Å². The lowest BCUT2D eigenvalue weighted by molar-refractivity contribution is -0.133. The molecule has 2 fully saturated rings. The molecule has 2 unspecified atom stereocenters. The van der Waals surface area contributed by atoms with Crippen molar-refractivity contribution in [1.82, 2.24) is 10.2 Å². The van der Waals surface area contributed by atoms with Crippen LogP contribution in [-0.4, -0.2) is 41.7 Å². The molecule has 21 heavy (non-hydrogen) atoms. The van der Waals surface area contributed by atoms with Crippen LogP contribution in [0.2, 0.25) is 0 Å². The molecule has 2 saturated heterocycles. The van der Waals surface area contributed by atoms with Crippen molar-refractivity contribution in [3.8, 4) is 0 Å². The van der Waals surface area contributed by atoms with Crippen LogP contribution in [0.25, 0.3) is 0 Å². The highest BCUT2D eigenvalue weighted by Crippen LogP contribution is 2.29. The summed E-state index contributed by atoms with van der Waals surface area (Å²) in [7, 11) is 0. The van der Waals surface area contributed by atoms with Crippen molar-refractivity contribution in [3.05, 3.63) is 30.1 Å². The minimum absolute atomic E-state index is 0.218. The van der Waals surface area contributed by atoms with E-state index in [-0.39, 0.29) is 11.7 Å². The summed E-state index contributed by atoms with van der Waals surface area (Å²) in [6, 6.07) is 7.29. The van der Waals surface area contributed by atoms with Gasteiger partial charge in [0.15, 0.2) is 0 Å². The third-order valence-electron chi connectivity index (χ3n) is 4.34. The molecule has 3 nitrogen and oxygen atoms in total. The van der Waals surface area contributed by atoms with Gasteiger partial charge in [-0.2, -0.15) is 0 Å². The zero-order chi connectivity index (χ0) is 14.7. The molecule has 1 amide bonds. The summed E-state index contributed by atoms with van der Waals surface area (Å²) >= 11 is 1.62. The van der Waals surface area contributed by atoms with Gasteiger partial charge in [0.25, 0.3) is 0 Å². The number of fused-ring (bicyclic) bond motifs is 2. The average molecular weight is 308 g/mol. The van der Waals surface area contributed by atoms with Crippen LogP contribution < -0.4 is 5.32 Å². The molecular weight excluding hydrogens is 287 g/mol. The van der Waals surface area contributed by atoms with E-state index in [0.717, 1.165) is 43.0 Å². The summed E-state index contributed by atoms with van der Waals surface area (Å²) in [6.45, 7) is 1.96. The largest absolute Gasteiger partial charge is 0.335 e. The van der Waals surface area contributed by atoms with Gasteiger partial charge < -0.3 is 10.2 Å². The number of halogens is 1. The van der Waals surface area contributed by atoms with Gasteiger partial charge in [0, 0.05) is 35.7 Å². The minimum Gasteiger partial charge on any atom is -0.335 e. The Morgan fingerprint density at radius 2 is 2.00 bits per heavy atom. The summed E-state index contributed by atoms with van der Waals surface area (Å²) in [5.74, 6) is 0.818. The van der Waals surface area contributed by atoms with E-state index in [1.54, 1.807) is 23.9 Å². The summed E-state index contributed by atoms with van der Waals surface area (Å²) < 4.78 is 12.8. The van der Waals surface area contributed by atoms with E-state index in [2.05, 4.69) is 10.2 Å². The van der Waals surface area contributed by atoms with Crippen LogP contribution >= 0.6 is 11.8 Å². The summed E-state index contributed by atoms with van der Waals surface area (Å²) in [6.07, 6.45) is 3.93. The number of carbonyl (C=O) groups excluding carboxylic acids is 1. The van der Waals surface area contributed by atoms with Gasteiger partial charge in [0.1, 0.15) is 5.82 Å². The van der Waals surface area contributed by atoms with Gasteiger partial charge in [-0.15, -0.1) is 11.8 Å². The molecule has 2 aliphatic rings. The molecule has 2 bridgehead atoms. The number of benzene rings is 1. The first-order valence-corrected chi connectivity index (χ1v) is 8.63. The second kappa shape index (κ2) is 6.79.